The topological polar surface area (TPSA) is 114 Å². The molecule has 0 radical (unpaired) electrons. The molecule has 4 aromatic rings. The number of amides is 2. The Kier molecular flexibility index (Phi) is 8.86. The number of nitrogens with zero attached hydrogens (tertiary/aromatic N) is 2. The lowest BCUT2D eigenvalue weighted by atomic mass is 9.85. The molecule has 1 saturated carbocycles. The van der Waals surface area contributed by atoms with Gasteiger partial charge in [-0.15, -0.1) is 0 Å². The highest BCUT2D eigenvalue weighted by Crippen LogP contribution is 2.27. The molecule has 1 aliphatic carbocycles. The molecule has 1 aliphatic rings. The van der Waals surface area contributed by atoms with E-state index < -0.39 is 23.6 Å². The first kappa shape index (κ1) is 27.5. The highest BCUT2D eigenvalue weighted by molar-refractivity contribution is 6.33. The smallest absolute Gasteiger partial charge is 0.266 e. The van der Waals surface area contributed by atoms with E-state index in [0.29, 0.717) is 27.4 Å². The average Bonchev–Trinajstić information content (AvgIpc) is 3.40. The van der Waals surface area contributed by atoms with E-state index in [1.165, 1.54) is 12.6 Å². The molecule has 1 unspecified atom stereocenters. The van der Waals surface area contributed by atoms with Gasteiger partial charge in [-0.05, 0) is 49.1 Å². The minimum atomic E-state index is -0.787. The zero-order chi connectivity index (χ0) is 27.9. The fourth-order valence-corrected chi connectivity index (χ4v) is 5.38. The second-order valence-electron chi connectivity index (χ2n) is 10.1. The number of aromatic nitrogens is 2. The van der Waals surface area contributed by atoms with Crippen LogP contribution in [0.3, 0.4) is 0 Å². The van der Waals surface area contributed by atoms with Gasteiger partial charge in [-0.1, -0.05) is 74.0 Å². The molecule has 2 aromatic heterocycles. The minimum Gasteiger partial charge on any atom is -0.434 e. The van der Waals surface area contributed by atoms with Gasteiger partial charge in [-0.25, -0.2) is 4.98 Å². The van der Waals surface area contributed by atoms with E-state index >= 15 is 0 Å². The van der Waals surface area contributed by atoms with Gasteiger partial charge in [-0.2, -0.15) is 0 Å². The van der Waals surface area contributed by atoms with Crippen LogP contribution >= 0.6 is 11.6 Å². The maximum Gasteiger partial charge on any atom is 0.266 e. The molecule has 1 atom stereocenters. The van der Waals surface area contributed by atoms with E-state index in [-0.39, 0.29) is 18.4 Å². The van der Waals surface area contributed by atoms with Crippen LogP contribution in [0.1, 0.15) is 66.0 Å². The first-order valence-corrected chi connectivity index (χ1v) is 14.1. The van der Waals surface area contributed by atoms with Gasteiger partial charge in [0.25, 0.3) is 11.8 Å². The van der Waals surface area contributed by atoms with Crippen molar-refractivity contribution in [2.75, 3.05) is 6.54 Å². The van der Waals surface area contributed by atoms with E-state index in [4.69, 9.17) is 16.0 Å². The van der Waals surface area contributed by atoms with E-state index in [2.05, 4.69) is 20.6 Å². The number of carbonyl (C=O) groups excluding carboxylic acids is 3. The van der Waals surface area contributed by atoms with Gasteiger partial charge >= 0.3 is 0 Å². The van der Waals surface area contributed by atoms with E-state index in [1.807, 2.05) is 24.3 Å². The fraction of sp³-hybridized carbons (Fsp3) is 0.323. The number of hydrogen-bond donors (Lipinski definition) is 2. The van der Waals surface area contributed by atoms with Crippen molar-refractivity contribution < 1.29 is 18.8 Å². The molecule has 0 spiro atoms. The maximum atomic E-state index is 13.4. The van der Waals surface area contributed by atoms with Gasteiger partial charge < -0.3 is 15.1 Å². The predicted molar refractivity (Wildman–Crippen MR) is 153 cm³/mol. The summed E-state index contributed by atoms with van der Waals surface area (Å²) < 4.78 is 5.54. The van der Waals surface area contributed by atoms with Gasteiger partial charge in [0.05, 0.1) is 17.8 Å². The van der Waals surface area contributed by atoms with E-state index in [9.17, 15) is 14.4 Å². The van der Waals surface area contributed by atoms with Crippen LogP contribution in [0.15, 0.2) is 71.3 Å². The Morgan fingerprint density at radius 3 is 2.38 bits per heavy atom. The van der Waals surface area contributed by atoms with Crippen LogP contribution in [0.4, 0.5) is 0 Å². The molecule has 206 valence electrons. The first-order chi connectivity index (χ1) is 19.5. The number of nitrogens with one attached hydrogen (secondary N) is 2. The van der Waals surface area contributed by atoms with Crippen molar-refractivity contribution in [2.45, 2.75) is 51.0 Å². The highest BCUT2D eigenvalue weighted by Gasteiger charge is 2.31. The lowest BCUT2D eigenvalue weighted by Crippen LogP contribution is -2.52. The van der Waals surface area contributed by atoms with Crippen molar-refractivity contribution in [3.63, 3.8) is 0 Å². The molecule has 2 heterocycles. The highest BCUT2D eigenvalue weighted by atomic mass is 35.5. The molecule has 2 N–H and O–H groups in total. The van der Waals surface area contributed by atoms with Gasteiger partial charge in [0.15, 0.2) is 5.58 Å². The van der Waals surface area contributed by atoms with Crippen LogP contribution in [0.5, 0.6) is 0 Å². The molecular formula is C31H31ClN4O4. The number of hydrogen-bond acceptors (Lipinski definition) is 6. The third kappa shape index (κ3) is 6.57. The molecule has 8 nitrogen and oxygen atoms in total. The third-order valence-electron chi connectivity index (χ3n) is 7.32. The van der Waals surface area contributed by atoms with Crippen LogP contribution in [-0.4, -0.2) is 40.2 Å². The predicted octanol–water partition coefficient (Wildman–Crippen LogP) is 6.00. The van der Waals surface area contributed by atoms with E-state index in [1.54, 1.807) is 36.4 Å². The summed E-state index contributed by atoms with van der Waals surface area (Å²) >= 11 is 6.29. The Morgan fingerprint density at radius 1 is 0.925 bits per heavy atom. The number of rotatable bonds is 8. The van der Waals surface area contributed by atoms with Crippen LogP contribution in [0.2, 0.25) is 5.02 Å². The lowest BCUT2D eigenvalue weighted by molar-refractivity contribution is -0.124. The first-order valence-electron chi connectivity index (χ1n) is 13.7. The second-order valence-corrected chi connectivity index (χ2v) is 10.5. The quantitative estimate of drug-likeness (QED) is 0.256. The Morgan fingerprint density at radius 2 is 1.65 bits per heavy atom. The number of para-hydroxylation sites is 2. The standard InChI is InChI=1S/C31H31ClN4O4/c32-23-13-7-6-12-22(23)24-17-16-21(18-33-24)29(38)36-28(20-10-4-2-1-3-5-11-20)30(39)34-19-26(37)31-35-25-14-8-9-15-27(25)40-31/h6-9,12-18,20,28H,1-5,10-11,19H2,(H,34,39)(H,36,38). The number of carbonyl (C=O) groups is 3. The maximum absolute atomic E-state index is 13.4. The number of pyridine rings is 1. The second kappa shape index (κ2) is 12.9. The Balaban J connectivity index is 1.29. The summed E-state index contributed by atoms with van der Waals surface area (Å²) in [5.74, 6) is -1.34. The van der Waals surface area contributed by atoms with Gasteiger partial charge in [-0.3, -0.25) is 19.4 Å². The van der Waals surface area contributed by atoms with Crippen molar-refractivity contribution >= 4 is 40.3 Å². The molecule has 40 heavy (non-hydrogen) atoms. The Hall–Kier alpha value is -4.04. The van der Waals surface area contributed by atoms with Crippen molar-refractivity contribution in [3.8, 4) is 11.3 Å². The normalized spacial score (nSPS) is 15.1. The van der Waals surface area contributed by atoms with Crippen LogP contribution in [0, 0.1) is 5.92 Å². The summed E-state index contributed by atoms with van der Waals surface area (Å²) in [6, 6.07) is 17.1. The summed E-state index contributed by atoms with van der Waals surface area (Å²) in [7, 11) is 0. The van der Waals surface area contributed by atoms with Crippen molar-refractivity contribution in [1.29, 1.82) is 0 Å². The number of Topliss-reactive ketones (excluding diaryl/α,β-unsaturated/α-hetero) is 1. The van der Waals surface area contributed by atoms with Crippen molar-refractivity contribution in [2.24, 2.45) is 5.92 Å². The molecule has 0 saturated heterocycles. The summed E-state index contributed by atoms with van der Waals surface area (Å²) in [6.07, 6.45) is 8.48. The number of halogens is 1. The number of ketones is 1. The molecule has 2 amide bonds. The van der Waals surface area contributed by atoms with E-state index in [0.717, 1.165) is 44.1 Å². The zero-order valence-electron chi connectivity index (χ0n) is 22.1. The molecular weight excluding hydrogens is 528 g/mol. The van der Waals surface area contributed by atoms with Gasteiger partial charge in [0, 0.05) is 16.8 Å². The SMILES string of the molecule is O=C(NC(C(=O)NCC(=O)c1nc2ccccc2o1)C1CCCCCCC1)c1ccc(-c2ccccc2Cl)nc1. The fourth-order valence-electron chi connectivity index (χ4n) is 5.14. The summed E-state index contributed by atoms with van der Waals surface area (Å²) in [5.41, 5.74) is 2.83. The molecule has 0 aliphatic heterocycles. The molecule has 9 heteroatoms. The largest absolute Gasteiger partial charge is 0.434 e. The number of benzene rings is 2. The summed E-state index contributed by atoms with van der Waals surface area (Å²) in [6.45, 7) is -0.279. The number of oxazole rings is 1. The average molecular weight is 559 g/mol. The van der Waals surface area contributed by atoms with Crippen molar-refractivity contribution in [1.82, 2.24) is 20.6 Å². The Bertz CT molecular complexity index is 1460. The summed E-state index contributed by atoms with van der Waals surface area (Å²) in [4.78, 5) is 48.1. The lowest BCUT2D eigenvalue weighted by Gasteiger charge is -2.28. The minimum absolute atomic E-state index is 0.0426. The summed E-state index contributed by atoms with van der Waals surface area (Å²) in [5, 5.41) is 6.23. The molecule has 0 bridgehead atoms. The number of fused-ring (bicyclic) bond motifs is 1. The van der Waals surface area contributed by atoms with Crippen molar-refractivity contribution in [3.05, 3.63) is 83.3 Å². The molecule has 1 fully saturated rings. The van der Waals surface area contributed by atoms with Crippen LogP contribution in [-0.2, 0) is 4.79 Å². The molecule has 5 rings (SSSR count). The monoisotopic (exact) mass is 558 g/mol. The Labute approximate surface area is 237 Å². The van der Waals surface area contributed by atoms with Gasteiger partial charge in [0.2, 0.25) is 11.7 Å². The van der Waals surface area contributed by atoms with Crippen LogP contribution < -0.4 is 10.6 Å². The zero-order valence-corrected chi connectivity index (χ0v) is 22.8. The third-order valence-corrected chi connectivity index (χ3v) is 7.65. The van der Waals surface area contributed by atoms with Crippen LogP contribution in [0.25, 0.3) is 22.4 Å². The molecule has 2 aromatic carbocycles. The van der Waals surface area contributed by atoms with Gasteiger partial charge in [0.1, 0.15) is 11.6 Å².